The van der Waals surface area contributed by atoms with E-state index in [1.54, 1.807) is 6.07 Å². The van der Waals surface area contributed by atoms with Gasteiger partial charge in [-0.2, -0.15) is 10.5 Å². The van der Waals surface area contributed by atoms with E-state index in [1.807, 2.05) is 0 Å². The number of hydrogen-bond donors (Lipinski definition) is 4. The highest BCUT2D eigenvalue weighted by Crippen LogP contribution is 2.42. The summed E-state index contributed by atoms with van der Waals surface area (Å²) >= 11 is 0. The molecular formula is C16H9F5N8O. The number of nitrogens with two attached hydrogens (primary N) is 2. The first-order valence-corrected chi connectivity index (χ1v) is 7.79. The minimum Gasteiger partial charge on any atom is -0.406 e. The van der Waals surface area contributed by atoms with E-state index in [-0.39, 0.29) is 34.4 Å². The maximum atomic E-state index is 14.7. The Morgan fingerprint density at radius 2 is 1.77 bits per heavy atom. The first-order valence-electron chi connectivity index (χ1n) is 7.79. The minimum absolute atomic E-state index is 0.156. The highest BCUT2D eigenvalue weighted by molar-refractivity contribution is 5.98. The highest BCUT2D eigenvalue weighted by Gasteiger charge is 2.35. The lowest BCUT2D eigenvalue weighted by molar-refractivity contribution is -0.274. The van der Waals surface area contributed by atoms with Crippen LogP contribution >= 0.6 is 0 Å². The third kappa shape index (κ3) is 3.66. The zero-order chi connectivity index (χ0) is 22.2. The molecule has 0 spiro atoms. The van der Waals surface area contributed by atoms with Gasteiger partial charge in [-0.25, -0.2) is 18.8 Å². The SMILES string of the molecule is N#CNC1=NC(c2c(F)cc(OC(F)(F)F)cc2F)c2c(nc(N)c(C#N)c2N)N1. The Bertz CT molecular complexity index is 1130. The van der Waals surface area contributed by atoms with Crippen LogP contribution in [0.2, 0.25) is 0 Å². The van der Waals surface area contributed by atoms with Crippen molar-refractivity contribution in [3.8, 4) is 18.0 Å². The fraction of sp³-hybridized carbons (Fsp3) is 0.125. The molecule has 1 aromatic heterocycles. The van der Waals surface area contributed by atoms with Gasteiger partial charge >= 0.3 is 6.36 Å². The fourth-order valence-corrected chi connectivity index (χ4v) is 2.80. The number of benzene rings is 1. The van der Waals surface area contributed by atoms with Crippen LogP contribution in [0.3, 0.4) is 0 Å². The van der Waals surface area contributed by atoms with Crippen molar-refractivity contribution >= 4 is 23.3 Å². The van der Waals surface area contributed by atoms with Crippen molar-refractivity contribution in [2.24, 2.45) is 4.99 Å². The van der Waals surface area contributed by atoms with Gasteiger partial charge in [-0.1, -0.05) is 0 Å². The minimum atomic E-state index is -5.17. The molecule has 2 aromatic rings. The predicted molar refractivity (Wildman–Crippen MR) is 92.5 cm³/mol. The molecule has 1 aliphatic heterocycles. The topological polar surface area (TPSA) is 158 Å². The molecule has 0 bridgehead atoms. The van der Waals surface area contributed by atoms with Gasteiger partial charge < -0.3 is 21.5 Å². The van der Waals surface area contributed by atoms with Crippen molar-refractivity contribution in [3.05, 3.63) is 40.5 Å². The smallest absolute Gasteiger partial charge is 0.406 e. The van der Waals surface area contributed by atoms with E-state index in [0.717, 1.165) is 0 Å². The second-order valence-electron chi connectivity index (χ2n) is 5.75. The van der Waals surface area contributed by atoms with E-state index in [9.17, 15) is 27.2 Å². The molecule has 9 nitrogen and oxygen atoms in total. The second-order valence-corrected chi connectivity index (χ2v) is 5.75. The van der Waals surface area contributed by atoms with E-state index in [2.05, 4.69) is 25.3 Å². The first-order chi connectivity index (χ1) is 14.1. The Hall–Kier alpha value is -4.33. The Balaban J connectivity index is 2.23. The molecule has 0 aliphatic carbocycles. The number of fused-ring (bicyclic) bond motifs is 1. The van der Waals surface area contributed by atoms with Gasteiger partial charge in [0.15, 0.2) is 6.19 Å². The van der Waals surface area contributed by atoms with Gasteiger partial charge in [0.2, 0.25) is 5.96 Å². The third-order valence-corrected chi connectivity index (χ3v) is 3.92. The molecule has 30 heavy (non-hydrogen) atoms. The molecule has 0 radical (unpaired) electrons. The summed E-state index contributed by atoms with van der Waals surface area (Å²) < 4.78 is 69.9. The van der Waals surface area contributed by atoms with Gasteiger partial charge in [0.25, 0.3) is 0 Å². The number of rotatable bonds is 2. The number of nitrogen functional groups attached to an aromatic ring is 2. The van der Waals surface area contributed by atoms with Gasteiger partial charge in [0.1, 0.15) is 46.7 Å². The molecule has 154 valence electrons. The Labute approximate surface area is 164 Å². The Kier molecular flexibility index (Phi) is 4.93. The zero-order valence-corrected chi connectivity index (χ0v) is 14.5. The average Bonchev–Trinajstić information content (AvgIpc) is 2.59. The standard InChI is InChI=1S/C16H9F5N8O/c17-7-1-5(30-16(19,20)21)2-8(18)9(7)12-10-11(24)6(3-22)13(25)28-14(10)29-15(27-12)26-4-23/h1-2,12H,(H6,24,25,26,27,28,29). The molecule has 0 fully saturated rings. The molecule has 2 heterocycles. The van der Waals surface area contributed by atoms with Crippen molar-refractivity contribution in [1.29, 1.82) is 10.5 Å². The molecular weight excluding hydrogens is 415 g/mol. The van der Waals surface area contributed by atoms with E-state index in [0.29, 0.717) is 12.1 Å². The van der Waals surface area contributed by atoms with Gasteiger partial charge in [-0.3, -0.25) is 5.32 Å². The fourth-order valence-electron chi connectivity index (χ4n) is 2.80. The molecule has 6 N–H and O–H groups in total. The van der Waals surface area contributed by atoms with Gasteiger partial charge in [0.05, 0.1) is 11.3 Å². The number of aliphatic imine (C=N–C) groups is 1. The molecule has 1 atom stereocenters. The molecule has 1 unspecified atom stereocenters. The predicted octanol–water partition coefficient (Wildman–Crippen LogP) is 2.24. The monoisotopic (exact) mass is 424 g/mol. The van der Waals surface area contributed by atoms with Crippen LogP contribution in [0.1, 0.15) is 22.7 Å². The lowest BCUT2D eigenvalue weighted by atomic mass is 9.94. The number of nitrogens with one attached hydrogen (secondary N) is 2. The average molecular weight is 424 g/mol. The van der Waals surface area contributed by atoms with E-state index in [1.165, 1.54) is 6.19 Å². The molecule has 1 aliphatic rings. The highest BCUT2D eigenvalue weighted by atomic mass is 19.4. The van der Waals surface area contributed by atoms with Crippen LogP contribution in [-0.4, -0.2) is 17.3 Å². The number of ether oxygens (including phenoxy) is 1. The number of pyridine rings is 1. The summed E-state index contributed by atoms with van der Waals surface area (Å²) in [5.41, 5.74) is 10.0. The summed E-state index contributed by atoms with van der Waals surface area (Å²) in [6, 6.07) is 0.708. The number of halogens is 5. The molecule has 1 aromatic carbocycles. The first kappa shape index (κ1) is 20.4. The van der Waals surface area contributed by atoms with Crippen molar-refractivity contribution < 1.29 is 26.7 Å². The third-order valence-electron chi connectivity index (χ3n) is 3.92. The summed E-state index contributed by atoms with van der Waals surface area (Å²) in [6.07, 6.45) is -3.63. The van der Waals surface area contributed by atoms with Crippen LogP contribution in [0.15, 0.2) is 17.1 Å². The Morgan fingerprint density at radius 1 is 1.13 bits per heavy atom. The van der Waals surface area contributed by atoms with Crippen LogP contribution in [0.5, 0.6) is 5.75 Å². The second kappa shape index (κ2) is 7.25. The molecule has 3 rings (SSSR count). The van der Waals surface area contributed by atoms with Crippen molar-refractivity contribution in [2.45, 2.75) is 12.4 Å². The van der Waals surface area contributed by atoms with Gasteiger partial charge in [-0.05, 0) is 0 Å². The van der Waals surface area contributed by atoms with E-state index < -0.39 is 35.4 Å². The van der Waals surface area contributed by atoms with Gasteiger partial charge in [0, 0.05) is 17.7 Å². The van der Waals surface area contributed by atoms with Crippen LogP contribution in [0, 0.1) is 34.4 Å². The summed E-state index contributed by atoms with van der Waals surface area (Å²) in [4.78, 5) is 7.83. The summed E-state index contributed by atoms with van der Waals surface area (Å²) in [5.74, 6) is -4.76. The molecule has 0 amide bonds. The van der Waals surface area contributed by atoms with E-state index in [4.69, 9.17) is 16.7 Å². The van der Waals surface area contributed by atoms with Crippen molar-refractivity contribution in [1.82, 2.24) is 10.3 Å². The van der Waals surface area contributed by atoms with Crippen LogP contribution < -0.4 is 26.8 Å². The largest absolute Gasteiger partial charge is 0.573 e. The number of anilines is 3. The quantitative estimate of drug-likeness (QED) is 0.325. The summed E-state index contributed by atoms with van der Waals surface area (Å²) in [7, 11) is 0. The van der Waals surface area contributed by atoms with Crippen LogP contribution in [0.4, 0.5) is 39.3 Å². The van der Waals surface area contributed by atoms with Crippen molar-refractivity contribution in [3.63, 3.8) is 0 Å². The number of hydrogen-bond acceptors (Lipinski definition) is 9. The number of nitriles is 2. The van der Waals surface area contributed by atoms with Gasteiger partial charge in [-0.15, -0.1) is 13.2 Å². The number of alkyl halides is 3. The maximum Gasteiger partial charge on any atom is 0.573 e. The summed E-state index contributed by atoms with van der Waals surface area (Å²) in [6.45, 7) is 0. The van der Waals surface area contributed by atoms with Crippen LogP contribution in [-0.2, 0) is 0 Å². The maximum absolute atomic E-state index is 14.7. The normalized spacial score (nSPS) is 15.2. The number of nitrogens with zero attached hydrogens (tertiary/aromatic N) is 4. The lowest BCUT2D eigenvalue weighted by Crippen LogP contribution is -2.33. The van der Waals surface area contributed by atoms with E-state index >= 15 is 0 Å². The van der Waals surface area contributed by atoms with Crippen LogP contribution in [0.25, 0.3) is 0 Å². The van der Waals surface area contributed by atoms with Crippen molar-refractivity contribution in [2.75, 3.05) is 16.8 Å². The molecule has 0 saturated carbocycles. The molecule has 14 heteroatoms. The molecule has 0 saturated heterocycles. The number of aromatic nitrogens is 1. The number of guanidine groups is 1. The summed E-state index contributed by atoms with van der Waals surface area (Å²) in [5, 5.41) is 22.7. The zero-order valence-electron chi connectivity index (χ0n) is 14.5. The lowest BCUT2D eigenvalue weighted by Gasteiger charge is -2.26. The Morgan fingerprint density at radius 3 is 2.30 bits per heavy atom.